The van der Waals surface area contributed by atoms with Crippen LogP contribution in [0.25, 0.3) is 0 Å². The Morgan fingerprint density at radius 1 is 1.47 bits per heavy atom. The number of aliphatic hydroxyl groups excluding tert-OH is 1. The van der Waals surface area contributed by atoms with E-state index in [1.165, 1.54) is 26.4 Å². The van der Waals surface area contributed by atoms with E-state index in [2.05, 4.69) is 9.72 Å². The fourth-order valence-electron chi connectivity index (χ4n) is 2.53. The number of carbonyl (C=O) groups is 1. The third-order valence-corrected chi connectivity index (χ3v) is 3.55. The average molecular weight is 237 g/mol. The smallest absolute Gasteiger partial charge is 0.354 e. The highest BCUT2D eigenvalue weighted by Crippen LogP contribution is 2.34. The normalized spacial score (nSPS) is 18.9. The van der Waals surface area contributed by atoms with E-state index in [1.54, 1.807) is 12.3 Å². The fraction of sp³-hybridized carbons (Fsp3) is 0.615. The molecule has 1 saturated carbocycles. The molecular weight excluding hydrogens is 218 g/mol. The van der Waals surface area contributed by atoms with E-state index in [0.29, 0.717) is 11.6 Å². The lowest BCUT2D eigenvalue weighted by Crippen LogP contribution is -2.15. The van der Waals surface area contributed by atoms with Crippen LogP contribution in [0, 0.1) is 5.92 Å². The summed E-state index contributed by atoms with van der Waals surface area (Å²) in [7, 11) is 1.35. The Kier molecular flexibility index (Phi) is 3.84. The molecule has 0 aliphatic heterocycles. The Hall–Kier alpha value is -1.29. The van der Waals surface area contributed by atoms with E-state index in [9.17, 15) is 9.90 Å². The first kappa shape index (κ1) is 12.2. The van der Waals surface area contributed by atoms with Crippen molar-refractivity contribution in [2.75, 3.05) is 7.11 Å². The van der Waals surface area contributed by atoms with Gasteiger partial charge in [-0.25, -0.2) is 4.79 Å². The topological polar surface area (TPSA) is 62.3 Å². The van der Waals surface area contributed by atoms with Crippen molar-refractivity contribution in [1.29, 1.82) is 0 Å². The summed E-state index contributed by atoms with van der Waals surface area (Å²) in [6.45, 7) is 0. The third-order valence-electron chi connectivity index (χ3n) is 3.55. The maximum Gasteiger partial charge on any atom is 0.354 e. The standard InChI is InChI=1S/C13H19NO3/c1-17-13(16)11-7-10(8-14-11)12(15)9-5-3-2-4-6-9/h7-9,12,14-15H,2-6H2,1H3. The summed E-state index contributed by atoms with van der Waals surface area (Å²) in [6.07, 6.45) is 7.02. The van der Waals surface area contributed by atoms with Gasteiger partial charge in [0, 0.05) is 6.20 Å². The highest BCUT2D eigenvalue weighted by atomic mass is 16.5. The van der Waals surface area contributed by atoms with Crippen LogP contribution in [0.2, 0.25) is 0 Å². The van der Waals surface area contributed by atoms with Crippen LogP contribution >= 0.6 is 0 Å². The number of aromatic amines is 1. The quantitative estimate of drug-likeness (QED) is 0.793. The second kappa shape index (κ2) is 5.36. The van der Waals surface area contributed by atoms with Crippen molar-refractivity contribution >= 4 is 5.97 Å². The molecule has 1 heterocycles. The number of esters is 1. The van der Waals surface area contributed by atoms with Gasteiger partial charge < -0.3 is 14.8 Å². The summed E-state index contributed by atoms with van der Waals surface area (Å²) < 4.78 is 4.62. The number of H-pyrrole nitrogens is 1. The molecule has 17 heavy (non-hydrogen) atoms. The highest BCUT2D eigenvalue weighted by molar-refractivity contribution is 5.87. The zero-order chi connectivity index (χ0) is 12.3. The van der Waals surface area contributed by atoms with Gasteiger partial charge in [-0.15, -0.1) is 0 Å². The summed E-state index contributed by atoms with van der Waals surface area (Å²) >= 11 is 0. The first-order valence-corrected chi connectivity index (χ1v) is 6.17. The second-order valence-electron chi connectivity index (χ2n) is 4.68. The molecule has 2 N–H and O–H groups in total. The lowest BCUT2D eigenvalue weighted by molar-refractivity contribution is 0.0594. The van der Waals surface area contributed by atoms with Gasteiger partial charge in [0.05, 0.1) is 13.2 Å². The molecule has 1 aliphatic carbocycles. The molecule has 94 valence electrons. The summed E-state index contributed by atoms with van der Waals surface area (Å²) in [5.41, 5.74) is 1.19. The molecule has 0 amide bonds. The summed E-state index contributed by atoms with van der Waals surface area (Å²) in [5, 5.41) is 10.2. The Morgan fingerprint density at radius 2 is 2.18 bits per heavy atom. The van der Waals surface area contributed by atoms with E-state index in [-0.39, 0.29) is 0 Å². The van der Waals surface area contributed by atoms with Crippen LogP contribution in [-0.4, -0.2) is 23.2 Å². The minimum atomic E-state index is -0.468. The molecule has 1 atom stereocenters. The lowest BCUT2D eigenvalue weighted by Gasteiger charge is -2.25. The monoisotopic (exact) mass is 237 g/mol. The number of aromatic nitrogens is 1. The lowest BCUT2D eigenvalue weighted by atomic mass is 9.83. The summed E-state index contributed by atoms with van der Waals surface area (Å²) in [5.74, 6) is -0.0721. The van der Waals surface area contributed by atoms with Crippen LogP contribution in [-0.2, 0) is 4.74 Å². The maximum absolute atomic E-state index is 11.3. The van der Waals surface area contributed by atoms with Gasteiger partial charge in [0.1, 0.15) is 5.69 Å². The number of aliphatic hydroxyl groups is 1. The molecule has 0 spiro atoms. The zero-order valence-electron chi connectivity index (χ0n) is 10.1. The Morgan fingerprint density at radius 3 is 2.82 bits per heavy atom. The molecule has 4 heteroatoms. The molecule has 4 nitrogen and oxygen atoms in total. The fourth-order valence-corrected chi connectivity index (χ4v) is 2.53. The number of nitrogens with one attached hydrogen (secondary N) is 1. The molecule has 0 bridgehead atoms. The molecule has 0 aromatic carbocycles. The zero-order valence-corrected chi connectivity index (χ0v) is 10.1. The van der Waals surface area contributed by atoms with Crippen molar-refractivity contribution in [3.05, 3.63) is 23.5 Å². The van der Waals surface area contributed by atoms with Crippen LogP contribution in [0.5, 0.6) is 0 Å². The molecule has 1 fully saturated rings. The van der Waals surface area contributed by atoms with Crippen molar-refractivity contribution in [3.63, 3.8) is 0 Å². The van der Waals surface area contributed by atoms with Gasteiger partial charge in [0.15, 0.2) is 0 Å². The predicted molar refractivity (Wildman–Crippen MR) is 63.7 cm³/mol. The first-order valence-electron chi connectivity index (χ1n) is 6.17. The van der Waals surface area contributed by atoms with E-state index in [0.717, 1.165) is 18.4 Å². The van der Waals surface area contributed by atoms with Crippen LogP contribution in [0.15, 0.2) is 12.3 Å². The predicted octanol–water partition coefficient (Wildman–Crippen LogP) is 2.42. The van der Waals surface area contributed by atoms with E-state index >= 15 is 0 Å². The number of hydrogen-bond donors (Lipinski definition) is 2. The van der Waals surface area contributed by atoms with Crippen LogP contribution in [0.3, 0.4) is 0 Å². The number of ether oxygens (including phenoxy) is 1. The van der Waals surface area contributed by atoms with Crippen molar-refractivity contribution in [2.24, 2.45) is 5.92 Å². The first-order chi connectivity index (χ1) is 8.22. The molecule has 1 unspecified atom stereocenters. The number of rotatable bonds is 3. The van der Waals surface area contributed by atoms with Gasteiger partial charge >= 0.3 is 5.97 Å². The van der Waals surface area contributed by atoms with Crippen molar-refractivity contribution < 1.29 is 14.6 Å². The van der Waals surface area contributed by atoms with Crippen molar-refractivity contribution in [1.82, 2.24) is 4.98 Å². The molecular formula is C13H19NO3. The Balaban J connectivity index is 2.05. The van der Waals surface area contributed by atoms with Gasteiger partial charge in [0.2, 0.25) is 0 Å². The number of hydrogen-bond acceptors (Lipinski definition) is 3. The number of methoxy groups -OCH3 is 1. The highest BCUT2D eigenvalue weighted by Gasteiger charge is 2.24. The molecule has 0 radical (unpaired) electrons. The molecule has 2 rings (SSSR count). The molecule has 1 aromatic heterocycles. The largest absolute Gasteiger partial charge is 0.464 e. The Bertz CT molecular complexity index is 380. The van der Waals surface area contributed by atoms with Gasteiger partial charge in [0.25, 0.3) is 0 Å². The van der Waals surface area contributed by atoms with E-state index in [4.69, 9.17) is 0 Å². The molecule has 1 aromatic rings. The third kappa shape index (κ3) is 2.69. The van der Waals surface area contributed by atoms with Crippen LogP contribution in [0.4, 0.5) is 0 Å². The SMILES string of the molecule is COC(=O)c1cc(C(O)C2CCCCC2)c[nH]1. The van der Waals surface area contributed by atoms with Crippen molar-refractivity contribution in [2.45, 2.75) is 38.2 Å². The van der Waals surface area contributed by atoms with Crippen molar-refractivity contribution in [3.8, 4) is 0 Å². The van der Waals surface area contributed by atoms with Gasteiger partial charge in [-0.05, 0) is 30.4 Å². The average Bonchev–Trinajstić information content (AvgIpc) is 2.87. The second-order valence-corrected chi connectivity index (χ2v) is 4.68. The molecule has 0 saturated heterocycles. The minimum Gasteiger partial charge on any atom is -0.464 e. The number of carbonyl (C=O) groups excluding carboxylic acids is 1. The molecule has 1 aliphatic rings. The van der Waals surface area contributed by atoms with E-state index in [1.807, 2.05) is 0 Å². The van der Waals surface area contributed by atoms with E-state index < -0.39 is 12.1 Å². The van der Waals surface area contributed by atoms with Crippen LogP contribution < -0.4 is 0 Å². The Labute approximate surface area is 101 Å². The minimum absolute atomic E-state index is 0.324. The van der Waals surface area contributed by atoms with Gasteiger partial charge in [-0.1, -0.05) is 19.3 Å². The van der Waals surface area contributed by atoms with Gasteiger partial charge in [-0.3, -0.25) is 0 Å². The van der Waals surface area contributed by atoms with Gasteiger partial charge in [-0.2, -0.15) is 0 Å². The summed E-state index contributed by atoms with van der Waals surface area (Å²) in [4.78, 5) is 14.1. The van der Waals surface area contributed by atoms with Crippen LogP contribution in [0.1, 0.15) is 54.3 Å². The summed E-state index contributed by atoms with van der Waals surface area (Å²) in [6, 6.07) is 1.69. The maximum atomic E-state index is 11.3.